The highest BCUT2D eigenvalue weighted by atomic mass is 16.7. The third-order valence-corrected chi connectivity index (χ3v) is 1.57. The molecule has 82 valence electrons. The first-order valence-corrected chi connectivity index (χ1v) is 4.34. The van der Waals surface area contributed by atoms with Crippen molar-refractivity contribution in [1.29, 1.82) is 0 Å². The van der Waals surface area contributed by atoms with Crippen LogP contribution in [0.15, 0.2) is 23.0 Å². The van der Waals surface area contributed by atoms with Crippen molar-refractivity contribution in [3.63, 3.8) is 0 Å². The number of aromatic nitrogens is 1. The minimum absolute atomic E-state index is 0.153. The van der Waals surface area contributed by atoms with Crippen molar-refractivity contribution in [2.24, 2.45) is 0 Å². The van der Waals surface area contributed by atoms with E-state index in [-0.39, 0.29) is 17.9 Å². The van der Waals surface area contributed by atoms with E-state index in [2.05, 4.69) is 10.5 Å². The lowest BCUT2D eigenvalue weighted by molar-refractivity contribution is 0.00856. The van der Waals surface area contributed by atoms with Crippen LogP contribution in [0.2, 0.25) is 0 Å². The summed E-state index contributed by atoms with van der Waals surface area (Å²) < 4.78 is 4.71. The predicted octanol–water partition coefficient (Wildman–Crippen LogP) is -0.317. The number of methoxy groups -OCH3 is 1. The number of hydrogen-bond acceptors (Lipinski definition) is 4. The average Bonchev–Trinajstić information content (AvgIpc) is 2.24. The Morgan fingerprint density at radius 2 is 2.27 bits per heavy atom. The molecule has 6 nitrogen and oxygen atoms in total. The number of H-pyrrole nitrogens is 1. The molecular formula is C9H12N2O4. The Kier molecular flexibility index (Phi) is 4.52. The van der Waals surface area contributed by atoms with Crippen molar-refractivity contribution in [3.05, 3.63) is 34.2 Å². The molecule has 0 saturated carbocycles. The number of aromatic amines is 1. The summed E-state index contributed by atoms with van der Waals surface area (Å²) >= 11 is 0. The zero-order chi connectivity index (χ0) is 11.1. The molecule has 0 aliphatic rings. The number of nitrogens with one attached hydrogen (secondary N) is 2. The second-order valence-electron chi connectivity index (χ2n) is 2.70. The van der Waals surface area contributed by atoms with Gasteiger partial charge in [0.05, 0.1) is 13.2 Å². The van der Waals surface area contributed by atoms with Crippen LogP contribution in [0.3, 0.4) is 0 Å². The summed E-state index contributed by atoms with van der Waals surface area (Å²) in [7, 11) is 1.53. The van der Waals surface area contributed by atoms with Crippen LogP contribution >= 0.6 is 0 Å². The second-order valence-corrected chi connectivity index (χ2v) is 2.70. The van der Waals surface area contributed by atoms with Gasteiger partial charge in [0, 0.05) is 13.2 Å². The minimum atomic E-state index is -0.496. The Hall–Kier alpha value is -1.66. The molecule has 0 fully saturated rings. The Morgan fingerprint density at radius 1 is 1.47 bits per heavy atom. The summed E-state index contributed by atoms with van der Waals surface area (Å²) in [5, 5.41) is 0. The van der Waals surface area contributed by atoms with Crippen LogP contribution in [0, 0.1) is 0 Å². The molecule has 15 heavy (non-hydrogen) atoms. The van der Waals surface area contributed by atoms with Crippen molar-refractivity contribution >= 4 is 5.91 Å². The standard InChI is InChI=1S/C9H12N2O4/c1-14-5-6-15-11-9(13)7-3-2-4-8(12)10-7/h2-4H,5-6H2,1H3,(H,10,12)(H,11,13). The van der Waals surface area contributed by atoms with Crippen molar-refractivity contribution in [3.8, 4) is 0 Å². The van der Waals surface area contributed by atoms with Gasteiger partial charge in [-0.15, -0.1) is 0 Å². The molecule has 0 spiro atoms. The molecule has 6 heteroatoms. The SMILES string of the molecule is COCCONC(=O)c1cccc(=O)[nH]1. The highest BCUT2D eigenvalue weighted by Gasteiger charge is 2.04. The van der Waals surface area contributed by atoms with Gasteiger partial charge in [0.15, 0.2) is 0 Å². The zero-order valence-corrected chi connectivity index (χ0v) is 8.28. The normalized spacial score (nSPS) is 9.93. The van der Waals surface area contributed by atoms with Gasteiger partial charge in [-0.05, 0) is 6.07 Å². The Bertz CT molecular complexity index is 374. The predicted molar refractivity (Wildman–Crippen MR) is 52.4 cm³/mol. The first-order chi connectivity index (χ1) is 7.24. The number of amides is 1. The van der Waals surface area contributed by atoms with Crippen LogP contribution in [-0.2, 0) is 9.57 Å². The van der Waals surface area contributed by atoms with E-state index in [1.807, 2.05) is 0 Å². The Labute approximate surface area is 86.2 Å². The Balaban J connectivity index is 2.44. The van der Waals surface area contributed by atoms with E-state index >= 15 is 0 Å². The highest BCUT2D eigenvalue weighted by Crippen LogP contribution is 1.89. The van der Waals surface area contributed by atoms with Gasteiger partial charge < -0.3 is 9.72 Å². The molecule has 1 rings (SSSR count). The first kappa shape index (κ1) is 11.4. The maximum absolute atomic E-state index is 11.3. The third-order valence-electron chi connectivity index (χ3n) is 1.57. The van der Waals surface area contributed by atoms with E-state index in [0.29, 0.717) is 6.61 Å². The van der Waals surface area contributed by atoms with Gasteiger partial charge in [-0.2, -0.15) is 0 Å². The van der Waals surface area contributed by atoms with Crippen molar-refractivity contribution in [1.82, 2.24) is 10.5 Å². The lowest BCUT2D eigenvalue weighted by Gasteiger charge is -2.04. The summed E-state index contributed by atoms with van der Waals surface area (Å²) in [5.74, 6) is -0.496. The molecule has 1 aromatic rings. The Morgan fingerprint density at radius 3 is 2.93 bits per heavy atom. The topological polar surface area (TPSA) is 80.4 Å². The lowest BCUT2D eigenvalue weighted by Crippen LogP contribution is -2.27. The van der Waals surface area contributed by atoms with Gasteiger partial charge in [-0.1, -0.05) is 6.07 Å². The van der Waals surface area contributed by atoms with Crippen LogP contribution in [0.25, 0.3) is 0 Å². The zero-order valence-electron chi connectivity index (χ0n) is 8.28. The molecule has 0 atom stereocenters. The number of carbonyl (C=O) groups is 1. The lowest BCUT2D eigenvalue weighted by atomic mass is 10.3. The molecule has 2 N–H and O–H groups in total. The van der Waals surface area contributed by atoms with E-state index in [9.17, 15) is 9.59 Å². The first-order valence-electron chi connectivity index (χ1n) is 4.34. The number of hydroxylamine groups is 1. The van der Waals surface area contributed by atoms with Crippen LogP contribution in [-0.4, -0.2) is 31.2 Å². The van der Waals surface area contributed by atoms with E-state index in [0.717, 1.165) is 0 Å². The van der Waals surface area contributed by atoms with Crippen molar-refractivity contribution in [2.45, 2.75) is 0 Å². The van der Waals surface area contributed by atoms with Crippen molar-refractivity contribution in [2.75, 3.05) is 20.3 Å². The smallest absolute Gasteiger partial charge is 0.291 e. The van der Waals surface area contributed by atoms with Crippen LogP contribution < -0.4 is 11.0 Å². The fraction of sp³-hybridized carbons (Fsp3) is 0.333. The number of hydrogen-bond donors (Lipinski definition) is 2. The number of rotatable bonds is 5. The third kappa shape index (κ3) is 3.92. The van der Waals surface area contributed by atoms with Crippen LogP contribution in [0.1, 0.15) is 10.5 Å². The van der Waals surface area contributed by atoms with Gasteiger partial charge >= 0.3 is 0 Å². The fourth-order valence-corrected chi connectivity index (χ4v) is 0.877. The van der Waals surface area contributed by atoms with Crippen LogP contribution in [0.4, 0.5) is 0 Å². The molecule has 1 heterocycles. The summed E-state index contributed by atoms with van der Waals surface area (Å²) in [5.41, 5.74) is 1.99. The minimum Gasteiger partial charge on any atom is -0.382 e. The molecule has 0 bridgehead atoms. The van der Waals surface area contributed by atoms with Crippen LogP contribution in [0.5, 0.6) is 0 Å². The molecule has 0 unspecified atom stereocenters. The average molecular weight is 212 g/mol. The molecule has 0 radical (unpaired) electrons. The van der Waals surface area contributed by atoms with E-state index in [1.165, 1.54) is 25.3 Å². The molecule has 0 aliphatic heterocycles. The van der Waals surface area contributed by atoms with E-state index < -0.39 is 5.91 Å². The number of pyridine rings is 1. The maximum Gasteiger partial charge on any atom is 0.291 e. The molecule has 0 aliphatic carbocycles. The maximum atomic E-state index is 11.3. The molecule has 1 amide bonds. The van der Waals surface area contributed by atoms with E-state index in [4.69, 9.17) is 9.57 Å². The van der Waals surface area contributed by atoms with E-state index in [1.54, 1.807) is 0 Å². The fourth-order valence-electron chi connectivity index (χ4n) is 0.877. The van der Waals surface area contributed by atoms with Gasteiger partial charge in [-0.3, -0.25) is 14.4 Å². The number of carbonyl (C=O) groups excluding carboxylic acids is 1. The highest BCUT2D eigenvalue weighted by molar-refractivity contribution is 5.91. The summed E-state index contributed by atoms with van der Waals surface area (Å²) in [6, 6.07) is 4.29. The largest absolute Gasteiger partial charge is 0.382 e. The molecular weight excluding hydrogens is 200 g/mol. The molecule has 0 aromatic carbocycles. The number of ether oxygens (including phenoxy) is 1. The van der Waals surface area contributed by atoms with Gasteiger partial charge in [0.25, 0.3) is 5.91 Å². The van der Waals surface area contributed by atoms with Crippen molar-refractivity contribution < 1.29 is 14.4 Å². The van der Waals surface area contributed by atoms with Gasteiger partial charge in [-0.25, -0.2) is 5.48 Å². The molecule has 1 aromatic heterocycles. The summed E-state index contributed by atoms with van der Waals surface area (Å²) in [6.07, 6.45) is 0. The second kappa shape index (κ2) is 5.94. The van der Waals surface area contributed by atoms with Gasteiger partial charge in [0.2, 0.25) is 5.56 Å². The summed E-state index contributed by atoms with van der Waals surface area (Å²) in [6.45, 7) is 0.630. The summed E-state index contributed by atoms with van der Waals surface area (Å²) in [4.78, 5) is 29.3. The quantitative estimate of drug-likeness (QED) is 0.518. The molecule has 0 saturated heterocycles. The van der Waals surface area contributed by atoms with Gasteiger partial charge in [0.1, 0.15) is 5.69 Å². The monoisotopic (exact) mass is 212 g/mol.